The zero-order valence-corrected chi connectivity index (χ0v) is 16.2. The quantitative estimate of drug-likeness (QED) is 0.732. The average Bonchev–Trinajstić information content (AvgIpc) is 2.63. The Kier molecular flexibility index (Phi) is 8.10. The molecule has 5 heteroatoms. The molecule has 26 heavy (non-hydrogen) atoms. The van der Waals surface area contributed by atoms with Crippen LogP contribution in [0.4, 0.5) is 5.69 Å². The molecule has 0 aliphatic heterocycles. The summed E-state index contributed by atoms with van der Waals surface area (Å²) in [7, 11) is 0. The van der Waals surface area contributed by atoms with Crippen molar-refractivity contribution in [3.8, 4) is 0 Å². The van der Waals surface area contributed by atoms with Crippen molar-refractivity contribution in [3.63, 3.8) is 0 Å². The molecular weight excluding hydrogens is 328 g/mol. The lowest BCUT2D eigenvalue weighted by Gasteiger charge is -2.32. The maximum atomic E-state index is 12.7. The normalized spacial score (nSPS) is 20.0. The highest BCUT2D eigenvalue weighted by atomic mass is 16.5. The predicted molar refractivity (Wildman–Crippen MR) is 104 cm³/mol. The number of carbonyl (C=O) groups excluding carboxylic acids is 2. The molecule has 0 spiro atoms. The zero-order valence-electron chi connectivity index (χ0n) is 16.2. The summed E-state index contributed by atoms with van der Waals surface area (Å²) in [5.74, 6) is 0.447. The van der Waals surface area contributed by atoms with Gasteiger partial charge >= 0.3 is 0 Å². The second-order valence-electron chi connectivity index (χ2n) is 7.44. The fourth-order valence-electron chi connectivity index (χ4n) is 3.16. The van der Waals surface area contributed by atoms with Crippen LogP contribution in [0.1, 0.15) is 69.7 Å². The Hall–Kier alpha value is -1.88. The third kappa shape index (κ3) is 6.45. The van der Waals surface area contributed by atoms with Crippen LogP contribution in [0.5, 0.6) is 0 Å². The van der Waals surface area contributed by atoms with Gasteiger partial charge in [0, 0.05) is 24.3 Å². The van der Waals surface area contributed by atoms with Gasteiger partial charge in [-0.1, -0.05) is 39.7 Å². The highest BCUT2D eigenvalue weighted by Gasteiger charge is 2.27. The molecule has 0 unspecified atom stereocenters. The predicted octanol–water partition coefficient (Wildman–Crippen LogP) is 4.14. The Morgan fingerprint density at radius 3 is 2.73 bits per heavy atom. The van der Waals surface area contributed by atoms with Crippen molar-refractivity contribution in [2.45, 2.75) is 71.4 Å². The number of hydrogen-bond donors (Lipinski definition) is 2. The van der Waals surface area contributed by atoms with Gasteiger partial charge in [0.25, 0.3) is 5.91 Å². The molecule has 1 fully saturated rings. The van der Waals surface area contributed by atoms with Crippen LogP contribution in [0.3, 0.4) is 0 Å². The molecular formula is C21H32N2O3. The molecule has 1 aromatic rings. The Bertz CT molecular complexity index is 601. The van der Waals surface area contributed by atoms with Crippen molar-refractivity contribution in [1.82, 2.24) is 5.32 Å². The van der Waals surface area contributed by atoms with E-state index in [-0.39, 0.29) is 24.0 Å². The van der Waals surface area contributed by atoms with Gasteiger partial charge in [0.15, 0.2) is 0 Å². The van der Waals surface area contributed by atoms with E-state index >= 15 is 0 Å². The van der Waals surface area contributed by atoms with Gasteiger partial charge in [-0.2, -0.15) is 0 Å². The molecule has 0 aromatic heterocycles. The number of nitrogens with one attached hydrogen (secondary N) is 2. The molecule has 0 radical (unpaired) electrons. The van der Waals surface area contributed by atoms with Crippen LogP contribution in [0, 0.1) is 5.92 Å². The van der Waals surface area contributed by atoms with Crippen molar-refractivity contribution in [1.29, 1.82) is 0 Å². The van der Waals surface area contributed by atoms with Gasteiger partial charge < -0.3 is 15.4 Å². The fourth-order valence-corrected chi connectivity index (χ4v) is 3.16. The third-order valence-corrected chi connectivity index (χ3v) is 4.78. The van der Waals surface area contributed by atoms with Crippen LogP contribution < -0.4 is 10.6 Å². The Morgan fingerprint density at radius 1 is 1.23 bits per heavy atom. The molecule has 1 aromatic carbocycles. The van der Waals surface area contributed by atoms with Crippen LogP contribution in [0.15, 0.2) is 24.3 Å². The van der Waals surface area contributed by atoms with Gasteiger partial charge in [0.2, 0.25) is 5.91 Å². The van der Waals surface area contributed by atoms with Crippen LogP contribution >= 0.6 is 0 Å². The Labute approximate surface area is 156 Å². The first kappa shape index (κ1) is 20.4. The lowest BCUT2D eigenvalue weighted by Crippen LogP contribution is -2.46. The van der Waals surface area contributed by atoms with E-state index < -0.39 is 0 Å². The SMILES string of the molecule is CCC(=O)Nc1cccc(C(=O)N[C@H]2CCCC[C@@H]2OCCC(C)C)c1. The number of hydrogen-bond acceptors (Lipinski definition) is 3. The second-order valence-corrected chi connectivity index (χ2v) is 7.44. The van der Waals surface area contributed by atoms with Crippen LogP contribution in [-0.4, -0.2) is 30.6 Å². The molecule has 1 aliphatic carbocycles. The Morgan fingerprint density at radius 2 is 2.00 bits per heavy atom. The third-order valence-electron chi connectivity index (χ3n) is 4.78. The molecule has 1 aliphatic rings. The minimum absolute atomic E-state index is 0.0531. The van der Waals surface area contributed by atoms with Gasteiger partial charge in [-0.15, -0.1) is 0 Å². The van der Waals surface area contributed by atoms with Crippen molar-refractivity contribution >= 4 is 17.5 Å². The molecule has 5 nitrogen and oxygen atoms in total. The first-order valence-corrected chi connectivity index (χ1v) is 9.82. The maximum absolute atomic E-state index is 12.7. The summed E-state index contributed by atoms with van der Waals surface area (Å²) < 4.78 is 6.06. The minimum atomic E-state index is -0.109. The van der Waals surface area contributed by atoms with E-state index in [1.165, 1.54) is 0 Å². The summed E-state index contributed by atoms with van der Waals surface area (Å²) >= 11 is 0. The number of benzene rings is 1. The largest absolute Gasteiger partial charge is 0.376 e. The van der Waals surface area contributed by atoms with Gasteiger partial charge in [-0.05, 0) is 43.4 Å². The highest BCUT2D eigenvalue weighted by Crippen LogP contribution is 2.22. The van der Waals surface area contributed by atoms with Gasteiger partial charge in [-0.3, -0.25) is 9.59 Å². The standard InChI is InChI=1S/C21H32N2O3/c1-4-20(24)22-17-9-7-8-16(14-17)21(25)23-18-10-5-6-11-19(18)26-13-12-15(2)3/h7-9,14-15,18-19H,4-6,10-13H2,1-3H3,(H,22,24)(H,23,25)/t18-,19-/m0/s1. The maximum Gasteiger partial charge on any atom is 0.251 e. The highest BCUT2D eigenvalue weighted by molar-refractivity contribution is 5.97. The zero-order chi connectivity index (χ0) is 18.9. The summed E-state index contributed by atoms with van der Waals surface area (Å²) in [4.78, 5) is 24.2. The van der Waals surface area contributed by atoms with E-state index in [1.54, 1.807) is 31.2 Å². The smallest absolute Gasteiger partial charge is 0.251 e. The number of carbonyl (C=O) groups is 2. The van der Waals surface area contributed by atoms with Crippen molar-refractivity contribution < 1.29 is 14.3 Å². The fraction of sp³-hybridized carbons (Fsp3) is 0.619. The molecule has 144 valence electrons. The first-order valence-electron chi connectivity index (χ1n) is 9.82. The molecule has 1 saturated carbocycles. The van der Waals surface area contributed by atoms with Gasteiger partial charge in [0.1, 0.15) is 0 Å². The van der Waals surface area contributed by atoms with Crippen LogP contribution in [0.2, 0.25) is 0 Å². The van der Waals surface area contributed by atoms with Crippen molar-refractivity contribution in [2.24, 2.45) is 5.92 Å². The van der Waals surface area contributed by atoms with E-state index in [2.05, 4.69) is 24.5 Å². The van der Waals surface area contributed by atoms with Crippen molar-refractivity contribution in [3.05, 3.63) is 29.8 Å². The summed E-state index contributed by atoms with van der Waals surface area (Å²) in [6, 6.07) is 7.13. The summed E-state index contributed by atoms with van der Waals surface area (Å²) in [6.45, 7) is 6.92. The number of ether oxygens (including phenoxy) is 1. The van der Waals surface area contributed by atoms with E-state index in [9.17, 15) is 9.59 Å². The molecule has 0 saturated heterocycles. The number of rotatable bonds is 8. The topological polar surface area (TPSA) is 67.4 Å². The van der Waals surface area contributed by atoms with Crippen LogP contribution in [0.25, 0.3) is 0 Å². The first-order chi connectivity index (χ1) is 12.5. The average molecular weight is 360 g/mol. The summed E-state index contributed by atoms with van der Waals surface area (Å²) in [6.07, 6.45) is 5.75. The van der Waals surface area contributed by atoms with E-state index in [0.717, 1.165) is 38.7 Å². The number of amides is 2. The van der Waals surface area contributed by atoms with Crippen molar-refractivity contribution in [2.75, 3.05) is 11.9 Å². The molecule has 2 amide bonds. The lowest BCUT2D eigenvalue weighted by atomic mass is 9.92. The molecule has 2 N–H and O–H groups in total. The minimum Gasteiger partial charge on any atom is -0.376 e. The summed E-state index contributed by atoms with van der Waals surface area (Å²) in [5, 5.41) is 5.94. The lowest BCUT2D eigenvalue weighted by molar-refractivity contribution is -0.115. The summed E-state index contributed by atoms with van der Waals surface area (Å²) in [5.41, 5.74) is 1.21. The molecule has 0 heterocycles. The van der Waals surface area contributed by atoms with E-state index in [4.69, 9.17) is 4.74 Å². The van der Waals surface area contributed by atoms with E-state index in [1.807, 2.05) is 0 Å². The van der Waals surface area contributed by atoms with Gasteiger partial charge in [0.05, 0.1) is 12.1 Å². The van der Waals surface area contributed by atoms with Gasteiger partial charge in [-0.25, -0.2) is 0 Å². The molecule has 2 atom stereocenters. The molecule has 2 rings (SSSR count). The van der Waals surface area contributed by atoms with Crippen LogP contribution in [-0.2, 0) is 9.53 Å². The Balaban J connectivity index is 1.95. The number of anilines is 1. The monoisotopic (exact) mass is 360 g/mol. The van der Waals surface area contributed by atoms with E-state index in [0.29, 0.717) is 23.6 Å². The molecule has 0 bridgehead atoms. The second kappa shape index (κ2) is 10.3.